The van der Waals surface area contributed by atoms with Gasteiger partial charge in [-0.1, -0.05) is 29.8 Å². The Kier molecular flexibility index (Phi) is 5.29. The zero-order valence-electron chi connectivity index (χ0n) is 16.2. The van der Waals surface area contributed by atoms with Crippen LogP contribution >= 0.6 is 11.6 Å². The molecule has 1 amide bonds. The van der Waals surface area contributed by atoms with E-state index in [1.54, 1.807) is 4.90 Å². The number of para-hydroxylation sites is 1. The molecule has 1 aliphatic rings. The van der Waals surface area contributed by atoms with Gasteiger partial charge in [0.05, 0.1) is 44.1 Å². The summed E-state index contributed by atoms with van der Waals surface area (Å²) in [5.41, 5.74) is 3.28. The molecule has 0 unspecified atom stereocenters. The summed E-state index contributed by atoms with van der Waals surface area (Å²) in [6, 6.07) is 13.4. The van der Waals surface area contributed by atoms with E-state index in [0.29, 0.717) is 10.8 Å². The van der Waals surface area contributed by atoms with E-state index in [1.165, 1.54) is 0 Å². The molecule has 146 valence electrons. The van der Waals surface area contributed by atoms with E-state index in [4.69, 9.17) is 16.0 Å². The van der Waals surface area contributed by atoms with Gasteiger partial charge in [-0.05, 0) is 38.1 Å². The molecule has 1 aromatic heterocycles. The van der Waals surface area contributed by atoms with E-state index in [-0.39, 0.29) is 5.91 Å². The van der Waals surface area contributed by atoms with Gasteiger partial charge in [0.1, 0.15) is 5.58 Å². The van der Waals surface area contributed by atoms with Crippen LogP contribution in [0.25, 0.3) is 11.0 Å². The van der Waals surface area contributed by atoms with E-state index >= 15 is 0 Å². The average Bonchev–Trinajstić information content (AvgIpc) is 3.05. The molecule has 1 aliphatic heterocycles. The maximum absolute atomic E-state index is 13.0. The predicted molar refractivity (Wildman–Crippen MR) is 114 cm³/mol. The lowest BCUT2D eigenvalue weighted by molar-refractivity contribution is -0.898. The molecular formula is C22H25ClN3O2+. The van der Waals surface area contributed by atoms with Crippen molar-refractivity contribution >= 4 is 39.9 Å². The highest BCUT2D eigenvalue weighted by Crippen LogP contribution is 2.31. The van der Waals surface area contributed by atoms with Crippen LogP contribution in [0.3, 0.4) is 0 Å². The van der Waals surface area contributed by atoms with Crippen LogP contribution < -0.4 is 15.1 Å². The van der Waals surface area contributed by atoms with Crippen LogP contribution in [-0.4, -0.2) is 38.6 Å². The highest BCUT2D eigenvalue weighted by molar-refractivity contribution is 6.31. The Balaban J connectivity index is 1.61. The highest BCUT2D eigenvalue weighted by Gasteiger charge is 2.23. The maximum Gasteiger partial charge on any atom is 0.291 e. The zero-order chi connectivity index (χ0) is 19.7. The largest absolute Gasteiger partial charge is 0.451 e. The molecule has 4 rings (SSSR count). The van der Waals surface area contributed by atoms with Crippen LogP contribution in [0.2, 0.25) is 5.02 Å². The van der Waals surface area contributed by atoms with Gasteiger partial charge in [0.15, 0.2) is 5.76 Å². The molecule has 0 aliphatic carbocycles. The van der Waals surface area contributed by atoms with Crippen molar-refractivity contribution in [3.05, 3.63) is 58.8 Å². The Hall–Kier alpha value is -2.50. The first-order chi connectivity index (χ1) is 13.6. The van der Waals surface area contributed by atoms with Crippen LogP contribution in [0, 0.1) is 6.92 Å². The number of fused-ring (bicyclic) bond motifs is 1. The minimum absolute atomic E-state index is 0.255. The summed E-state index contributed by atoms with van der Waals surface area (Å²) in [4.78, 5) is 16.9. The molecule has 0 bridgehead atoms. The number of aryl methyl sites for hydroxylation is 1. The summed E-state index contributed by atoms with van der Waals surface area (Å²) in [5.74, 6) is 0.0856. The summed E-state index contributed by atoms with van der Waals surface area (Å²) >= 11 is 6.23. The smallest absolute Gasteiger partial charge is 0.291 e. The van der Waals surface area contributed by atoms with Crippen LogP contribution in [0.1, 0.15) is 23.0 Å². The number of hydrogen-bond acceptors (Lipinski definition) is 3. The fourth-order valence-electron chi connectivity index (χ4n) is 3.87. The molecule has 0 saturated carbocycles. The molecular weight excluding hydrogens is 374 g/mol. The second-order valence-electron chi connectivity index (χ2n) is 7.26. The fourth-order valence-corrected chi connectivity index (χ4v) is 4.04. The summed E-state index contributed by atoms with van der Waals surface area (Å²) in [7, 11) is 0. The summed E-state index contributed by atoms with van der Waals surface area (Å²) in [6.45, 7) is 9.36. The van der Waals surface area contributed by atoms with E-state index in [2.05, 4.69) is 17.1 Å². The Morgan fingerprint density at radius 3 is 2.68 bits per heavy atom. The minimum atomic E-state index is -0.255. The number of furan rings is 1. The lowest BCUT2D eigenvalue weighted by atomic mass is 10.1. The fraction of sp³-hybridized carbons (Fsp3) is 0.318. The minimum Gasteiger partial charge on any atom is -0.451 e. The quantitative estimate of drug-likeness (QED) is 0.708. The van der Waals surface area contributed by atoms with E-state index in [1.807, 2.05) is 49.4 Å². The molecule has 3 aromatic rings. The monoisotopic (exact) mass is 398 g/mol. The maximum atomic E-state index is 13.0. The van der Waals surface area contributed by atoms with Gasteiger partial charge in [-0.15, -0.1) is 0 Å². The van der Waals surface area contributed by atoms with Gasteiger partial charge in [-0.25, -0.2) is 0 Å². The van der Waals surface area contributed by atoms with Crippen molar-refractivity contribution < 1.29 is 14.1 Å². The third-order valence-electron chi connectivity index (χ3n) is 5.57. The van der Waals surface area contributed by atoms with Gasteiger partial charge >= 0.3 is 0 Å². The molecule has 0 spiro atoms. The van der Waals surface area contributed by atoms with Crippen molar-refractivity contribution in [1.29, 1.82) is 0 Å². The number of carbonyl (C=O) groups excluding carboxylic acids is 1. The van der Waals surface area contributed by atoms with Crippen molar-refractivity contribution in [1.82, 2.24) is 0 Å². The van der Waals surface area contributed by atoms with Crippen molar-refractivity contribution in [2.24, 2.45) is 0 Å². The zero-order valence-corrected chi connectivity index (χ0v) is 17.0. The lowest BCUT2D eigenvalue weighted by Gasteiger charge is -2.34. The third kappa shape index (κ3) is 3.60. The second-order valence-corrected chi connectivity index (χ2v) is 7.69. The first-order valence-electron chi connectivity index (χ1n) is 9.74. The topological polar surface area (TPSA) is 49.9 Å². The Bertz CT molecular complexity index is 1010. The molecule has 0 radical (unpaired) electrons. The Morgan fingerprint density at radius 2 is 1.96 bits per heavy atom. The average molecular weight is 399 g/mol. The number of nitrogens with zero attached hydrogens (tertiary/aromatic N) is 1. The van der Waals surface area contributed by atoms with Gasteiger partial charge < -0.3 is 19.5 Å². The first kappa shape index (κ1) is 18.8. The number of likely N-dealkylation sites (N-methyl/N-ethyl adjacent to an activating group) is 1. The normalized spacial score (nSPS) is 15.2. The Labute approximate surface area is 169 Å². The molecule has 1 saturated heterocycles. The first-order valence-corrected chi connectivity index (χ1v) is 10.1. The van der Waals surface area contributed by atoms with Crippen LogP contribution in [0.5, 0.6) is 0 Å². The number of anilines is 2. The van der Waals surface area contributed by atoms with Crippen LogP contribution in [0.15, 0.2) is 46.9 Å². The molecule has 2 aromatic carbocycles. The molecule has 28 heavy (non-hydrogen) atoms. The number of hydrogen-bond donors (Lipinski definition) is 2. The third-order valence-corrected chi connectivity index (χ3v) is 5.80. The summed E-state index contributed by atoms with van der Waals surface area (Å²) < 4.78 is 5.82. The number of nitrogens with one attached hydrogen (secondary N) is 2. The number of piperazine rings is 1. The number of rotatable bonds is 4. The van der Waals surface area contributed by atoms with Gasteiger partial charge in [0.2, 0.25) is 0 Å². The van der Waals surface area contributed by atoms with Gasteiger partial charge in [-0.2, -0.15) is 0 Å². The number of quaternary nitrogens is 1. The molecule has 2 heterocycles. The van der Waals surface area contributed by atoms with Gasteiger partial charge in [0, 0.05) is 16.0 Å². The standard InChI is InChI=1S/C22H24ClN3O2/c1-3-25-10-12-26(13-11-25)19-9-8-16(23)14-18(19)24-22(27)21-15(2)17-6-4-5-7-20(17)28-21/h4-9,14H,3,10-13H2,1-2H3,(H,24,27)/p+1. The molecule has 1 fully saturated rings. The van der Waals surface area contributed by atoms with E-state index < -0.39 is 0 Å². The predicted octanol–water partition coefficient (Wildman–Crippen LogP) is 3.37. The van der Waals surface area contributed by atoms with Crippen LogP contribution in [0.4, 0.5) is 11.4 Å². The summed E-state index contributed by atoms with van der Waals surface area (Å²) in [6.07, 6.45) is 0. The second kappa shape index (κ2) is 7.86. The van der Waals surface area contributed by atoms with E-state index in [9.17, 15) is 4.79 Å². The van der Waals surface area contributed by atoms with Crippen molar-refractivity contribution in [2.75, 3.05) is 42.9 Å². The van der Waals surface area contributed by atoms with Crippen molar-refractivity contribution in [3.63, 3.8) is 0 Å². The lowest BCUT2D eigenvalue weighted by Crippen LogP contribution is -3.14. The summed E-state index contributed by atoms with van der Waals surface area (Å²) in [5, 5.41) is 4.58. The molecule has 5 nitrogen and oxygen atoms in total. The number of amides is 1. The van der Waals surface area contributed by atoms with Crippen LogP contribution in [-0.2, 0) is 0 Å². The van der Waals surface area contributed by atoms with E-state index in [0.717, 1.165) is 60.6 Å². The molecule has 6 heteroatoms. The van der Waals surface area contributed by atoms with Crippen molar-refractivity contribution in [2.45, 2.75) is 13.8 Å². The molecule has 0 atom stereocenters. The van der Waals surface area contributed by atoms with Gasteiger partial charge in [-0.3, -0.25) is 4.79 Å². The van der Waals surface area contributed by atoms with Gasteiger partial charge in [0.25, 0.3) is 5.91 Å². The number of carbonyl (C=O) groups is 1. The highest BCUT2D eigenvalue weighted by atomic mass is 35.5. The van der Waals surface area contributed by atoms with Crippen molar-refractivity contribution in [3.8, 4) is 0 Å². The molecule has 2 N–H and O–H groups in total. The SMILES string of the molecule is CC[NH+]1CCN(c2ccc(Cl)cc2NC(=O)c2oc3ccccc3c2C)CC1. The Morgan fingerprint density at radius 1 is 1.21 bits per heavy atom. The number of benzene rings is 2. The number of halogens is 1.